The molecule has 3 heterocycles. The number of ether oxygens (including phenoxy) is 2. The second-order valence-corrected chi connectivity index (χ2v) is 8.37. The average Bonchev–Trinajstić information content (AvgIpc) is 2.88. The van der Waals surface area contributed by atoms with E-state index in [2.05, 4.69) is 33.0 Å². The number of fused-ring (bicyclic) bond motifs is 1. The van der Waals surface area contributed by atoms with Crippen molar-refractivity contribution in [3.05, 3.63) is 53.9 Å². The van der Waals surface area contributed by atoms with E-state index in [9.17, 15) is 4.79 Å². The molecule has 0 radical (unpaired) electrons. The summed E-state index contributed by atoms with van der Waals surface area (Å²) < 4.78 is 10.9. The SMILES string of the molecule is COc1ccccc1C(=O)N1CCN(c2nc(C)nc3ccc(N4CCOCC4)cc23)CC1. The van der Waals surface area contributed by atoms with Crippen molar-refractivity contribution in [2.75, 3.05) is 69.4 Å². The number of hydrogen-bond acceptors (Lipinski definition) is 7. The molecular formula is C25H29N5O3. The summed E-state index contributed by atoms with van der Waals surface area (Å²) in [6.45, 7) is 7.89. The molecule has 2 saturated heterocycles. The topological polar surface area (TPSA) is 71.0 Å². The number of hydrogen-bond donors (Lipinski definition) is 0. The maximum Gasteiger partial charge on any atom is 0.257 e. The Kier molecular flexibility index (Phi) is 6.00. The number of piperazine rings is 1. The molecule has 0 spiro atoms. The highest BCUT2D eigenvalue weighted by atomic mass is 16.5. The van der Waals surface area contributed by atoms with Crippen LogP contribution >= 0.6 is 0 Å². The summed E-state index contributed by atoms with van der Waals surface area (Å²) >= 11 is 0. The average molecular weight is 448 g/mol. The monoisotopic (exact) mass is 447 g/mol. The van der Waals surface area contributed by atoms with Gasteiger partial charge in [-0.2, -0.15) is 0 Å². The number of aromatic nitrogens is 2. The van der Waals surface area contributed by atoms with Gasteiger partial charge in [0.05, 0.1) is 31.4 Å². The van der Waals surface area contributed by atoms with Crippen LogP contribution in [0.5, 0.6) is 5.75 Å². The Morgan fingerprint density at radius 2 is 1.70 bits per heavy atom. The maximum absolute atomic E-state index is 13.1. The van der Waals surface area contributed by atoms with E-state index >= 15 is 0 Å². The molecule has 8 heteroatoms. The number of carbonyl (C=O) groups excluding carboxylic acids is 1. The van der Waals surface area contributed by atoms with Crippen molar-refractivity contribution < 1.29 is 14.3 Å². The molecule has 2 aliphatic rings. The number of nitrogens with zero attached hydrogens (tertiary/aromatic N) is 5. The maximum atomic E-state index is 13.1. The van der Waals surface area contributed by atoms with Gasteiger partial charge in [0.15, 0.2) is 0 Å². The van der Waals surface area contributed by atoms with Crippen LogP contribution in [0, 0.1) is 6.92 Å². The molecule has 2 fully saturated rings. The van der Waals surface area contributed by atoms with Gasteiger partial charge in [0.25, 0.3) is 5.91 Å². The van der Waals surface area contributed by atoms with Crippen LogP contribution in [0.2, 0.25) is 0 Å². The van der Waals surface area contributed by atoms with Crippen LogP contribution in [-0.4, -0.2) is 80.4 Å². The molecule has 1 amide bonds. The number of carbonyl (C=O) groups is 1. The lowest BCUT2D eigenvalue weighted by molar-refractivity contribution is 0.0743. The van der Waals surface area contributed by atoms with Gasteiger partial charge >= 0.3 is 0 Å². The minimum absolute atomic E-state index is 0.00503. The first-order chi connectivity index (χ1) is 16.1. The lowest BCUT2D eigenvalue weighted by Gasteiger charge is -2.36. The van der Waals surface area contributed by atoms with Crippen molar-refractivity contribution in [3.8, 4) is 5.75 Å². The molecule has 0 N–H and O–H groups in total. The highest BCUT2D eigenvalue weighted by Crippen LogP contribution is 2.30. The molecule has 1 aromatic heterocycles. The molecule has 0 saturated carbocycles. The van der Waals surface area contributed by atoms with Gasteiger partial charge in [0.2, 0.25) is 0 Å². The Morgan fingerprint density at radius 1 is 0.939 bits per heavy atom. The Bertz CT molecular complexity index is 1150. The van der Waals surface area contributed by atoms with Crippen molar-refractivity contribution in [1.82, 2.24) is 14.9 Å². The zero-order chi connectivity index (χ0) is 22.8. The number of benzene rings is 2. The van der Waals surface area contributed by atoms with E-state index in [1.54, 1.807) is 7.11 Å². The Morgan fingerprint density at radius 3 is 2.45 bits per heavy atom. The van der Waals surface area contributed by atoms with Crippen LogP contribution in [0.4, 0.5) is 11.5 Å². The van der Waals surface area contributed by atoms with Crippen LogP contribution in [0.15, 0.2) is 42.5 Å². The number of morpholine rings is 1. The summed E-state index contributed by atoms with van der Waals surface area (Å²) in [7, 11) is 1.60. The standard InChI is InChI=1S/C25H29N5O3/c1-18-26-22-8-7-19(28-13-15-33-16-14-28)17-21(22)24(27-18)29-9-11-30(12-10-29)25(31)20-5-3-4-6-23(20)32-2/h3-8,17H,9-16H2,1-2H3. The summed E-state index contributed by atoms with van der Waals surface area (Å²) in [5.41, 5.74) is 2.72. The Hall–Kier alpha value is -3.39. The minimum atomic E-state index is 0.00503. The summed E-state index contributed by atoms with van der Waals surface area (Å²) in [4.78, 5) is 29.1. The highest BCUT2D eigenvalue weighted by Gasteiger charge is 2.26. The highest BCUT2D eigenvalue weighted by molar-refractivity contribution is 5.97. The third-order valence-electron chi connectivity index (χ3n) is 6.35. The van der Waals surface area contributed by atoms with Crippen LogP contribution < -0.4 is 14.5 Å². The lowest BCUT2D eigenvalue weighted by Crippen LogP contribution is -2.49. The smallest absolute Gasteiger partial charge is 0.257 e. The van der Waals surface area contributed by atoms with E-state index in [4.69, 9.17) is 14.5 Å². The molecule has 33 heavy (non-hydrogen) atoms. The number of amides is 1. The number of aryl methyl sites for hydroxylation is 1. The van der Waals surface area contributed by atoms with Crippen molar-refractivity contribution in [1.29, 1.82) is 0 Å². The molecule has 172 valence electrons. The fourth-order valence-corrected chi connectivity index (χ4v) is 4.59. The number of methoxy groups -OCH3 is 1. The van der Waals surface area contributed by atoms with Gasteiger partial charge in [0, 0.05) is 50.3 Å². The number of para-hydroxylation sites is 1. The summed E-state index contributed by atoms with van der Waals surface area (Å²) in [5.74, 6) is 2.31. The van der Waals surface area contributed by atoms with Gasteiger partial charge in [-0.15, -0.1) is 0 Å². The van der Waals surface area contributed by atoms with Gasteiger partial charge in [-0.05, 0) is 37.3 Å². The summed E-state index contributed by atoms with van der Waals surface area (Å²) in [5, 5.41) is 1.05. The molecule has 0 atom stereocenters. The van der Waals surface area contributed by atoms with Crippen molar-refractivity contribution >= 4 is 28.3 Å². The largest absolute Gasteiger partial charge is 0.496 e. The normalized spacial score (nSPS) is 16.8. The van der Waals surface area contributed by atoms with Crippen LogP contribution in [0.3, 0.4) is 0 Å². The van der Waals surface area contributed by atoms with Crippen molar-refractivity contribution in [2.45, 2.75) is 6.92 Å². The van der Waals surface area contributed by atoms with Gasteiger partial charge in [-0.1, -0.05) is 12.1 Å². The second-order valence-electron chi connectivity index (χ2n) is 8.37. The molecule has 8 nitrogen and oxygen atoms in total. The predicted molar refractivity (Wildman–Crippen MR) is 128 cm³/mol. The van der Waals surface area contributed by atoms with Gasteiger partial charge in [0.1, 0.15) is 17.4 Å². The molecule has 0 bridgehead atoms. The molecule has 0 unspecified atom stereocenters. The first-order valence-electron chi connectivity index (χ1n) is 11.4. The van der Waals surface area contributed by atoms with E-state index in [0.717, 1.165) is 48.8 Å². The Labute approximate surface area is 193 Å². The quantitative estimate of drug-likeness (QED) is 0.609. The van der Waals surface area contributed by atoms with Gasteiger partial charge in [-0.25, -0.2) is 9.97 Å². The fraction of sp³-hybridized carbons (Fsp3) is 0.400. The third-order valence-corrected chi connectivity index (χ3v) is 6.35. The zero-order valence-corrected chi connectivity index (χ0v) is 19.2. The number of rotatable bonds is 4. The lowest BCUT2D eigenvalue weighted by atomic mass is 10.1. The van der Waals surface area contributed by atoms with E-state index in [0.29, 0.717) is 37.5 Å². The first kappa shape index (κ1) is 21.5. The van der Waals surface area contributed by atoms with Gasteiger partial charge < -0.3 is 24.2 Å². The molecule has 0 aliphatic carbocycles. The van der Waals surface area contributed by atoms with E-state index < -0.39 is 0 Å². The molecule has 5 rings (SSSR count). The molecule has 2 aromatic carbocycles. The zero-order valence-electron chi connectivity index (χ0n) is 19.2. The Balaban J connectivity index is 1.38. The van der Waals surface area contributed by atoms with E-state index in [1.807, 2.05) is 36.1 Å². The molecular weight excluding hydrogens is 418 g/mol. The van der Waals surface area contributed by atoms with Gasteiger partial charge in [-0.3, -0.25) is 4.79 Å². The number of anilines is 2. The van der Waals surface area contributed by atoms with E-state index in [1.165, 1.54) is 5.69 Å². The first-order valence-corrected chi connectivity index (χ1v) is 11.4. The fourth-order valence-electron chi connectivity index (χ4n) is 4.59. The molecule has 3 aromatic rings. The van der Waals surface area contributed by atoms with Crippen LogP contribution in [0.1, 0.15) is 16.2 Å². The second kappa shape index (κ2) is 9.23. The van der Waals surface area contributed by atoms with Crippen LogP contribution in [-0.2, 0) is 4.74 Å². The molecule has 2 aliphatic heterocycles. The summed E-state index contributed by atoms with van der Waals surface area (Å²) in [6, 6.07) is 13.8. The van der Waals surface area contributed by atoms with E-state index in [-0.39, 0.29) is 5.91 Å². The van der Waals surface area contributed by atoms with Crippen molar-refractivity contribution in [3.63, 3.8) is 0 Å². The summed E-state index contributed by atoms with van der Waals surface area (Å²) in [6.07, 6.45) is 0. The minimum Gasteiger partial charge on any atom is -0.496 e. The van der Waals surface area contributed by atoms with Crippen LogP contribution in [0.25, 0.3) is 10.9 Å². The third kappa shape index (κ3) is 4.30. The predicted octanol–water partition coefficient (Wildman–Crippen LogP) is 2.75. The van der Waals surface area contributed by atoms with Crippen molar-refractivity contribution in [2.24, 2.45) is 0 Å².